The van der Waals surface area contributed by atoms with E-state index < -0.39 is 0 Å². The zero-order valence-corrected chi connectivity index (χ0v) is 11.2. The Hall–Kier alpha value is -2.10. The molecule has 0 saturated heterocycles. The van der Waals surface area contributed by atoms with Crippen molar-refractivity contribution >= 4 is 11.9 Å². The summed E-state index contributed by atoms with van der Waals surface area (Å²) in [6.07, 6.45) is 3.56. The van der Waals surface area contributed by atoms with E-state index in [0.29, 0.717) is 12.0 Å². The van der Waals surface area contributed by atoms with E-state index in [4.69, 9.17) is 4.74 Å². The summed E-state index contributed by atoms with van der Waals surface area (Å²) in [7, 11) is 0. The highest BCUT2D eigenvalue weighted by atomic mass is 16.5. The first-order valence-electron chi connectivity index (χ1n) is 6.99. The Morgan fingerprint density at radius 1 is 1.15 bits per heavy atom. The summed E-state index contributed by atoms with van der Waals surface area (Å²) in [6.45, 7) is 0. The maximum atomic E-state index is 12.0. The van der Waals surface area contributed by atoms with E-state index >= 15 is 0 Å². The summed E-state index contributed by atoms with van der Waals surface area (Å²) in [5.74, 6) is -0.164. The first kappa shape index (κ1) is 12.9. The van der Waals surface area contributed by atoms with Crippen LogP contribution in [-0.2, 0) is 9.53 Å². The van der Waals surface area contributed by atoms with Crippen LogP contribution in [0.25, 0.3) is 0 Å². The summed E-state index contributed by atoms with van der Waals surface area (Å²) >= 11 is 0. The molecule has 1 aliphatic carbocycles. The molecule has 1 N–H and O–H groups in total. The Morgan fingerprint density at radius 2 is 1.95 bits per heavy atom. The molecule has 1 aliphatic heterocycles. The van der Waals surface area contributed by atoms with E-state index in [1.54, 1.807) is 12.1 Å². The normalized spacial score (nSPS) is 22.0. The average Bonchev–Trinajstić information content (AvgIpc) is 2.48. The number of benzene rings is 1. The summed E-state index contributed by atoms with van der Waals surface area (Å²) in [5, 5.41) is 2.92. The summed E-state index contributed by atoms with van der Waals surface area (Å²) < 4.78 is 5.57. The molecule has 4 heteroatoms. The zero-order chi connectivity index (χ0) is 13.9. The SMILES string of the molecule is O=C1CCC2=C(CC[C@@H](OC(=O)c3ccccc3)C2)N1. The molecule has 0 fully saturated rings. The summed E-state index contributed by atoms with van der Waals surface area (Å²) in [4.78, 5) is 23.3. The van der Waals surface area contributed by atoms with Gasteiger partial charge in [0.05, 0.1) is 5.56 Å². The average molecular weight is 271 g/mol. The highest BCUT2D eigenvalue weighted by molar-refractivity contribution is 5.89. The van der Waals surface area contributed by atoms with Crippen LogP contribution in [0.1, 0.15) is 42.5 Å². The molecule has 104 valence electrons. The number of amides is 1. The van der Waals surface area contributed by atoms with Crippen LogP contribution in [0.3, 0.4) is 0 Å². The maximum absolute atomic E-state index is 12.0. The minimum absolute atomic E-state index is 0.0727. The lowest BCUT2D eigenvalue weighted by molar-refractivity contribution is -0.121. The van der Waals surface area contributed by atoms with Crippen LogP contribution < -0.4 is 5.32 Å². The number of carbonyl (C=O) groups excluding carboxylic acids is 2. The number of hydrogen-bond acceptors (Lipinski definition) is 3. The van der Waals surface area contributed by atoms with Gasteiger partial charge in [0, 0.05) is 18.5 Å². The third-order valence-electron chi connectivity index (χ3n) is 3.84. The Labute approximate surface area is 117 Å². The summed E-state index contributed by atoms with van der Waals surface area (Å²) in [5.41, 5.74) is 2.87. The lowest BCUT2D eigenvalue weighted by atomic mass is 9.88. The molecule has 1 atom stereocenters. The highest BCUT2D eigenvalue weighted by Gasteiger charge is 2.27. The Morgan fingerprint density at radius 3 is 2.75 bits per heavy atom. The molecule has 0 radical (unpaired) electrons. The minimum Gasteiger partial charge on any atom is -0.458 e. The Bertz CT molecular complexity index is 562. The van der Waals surface area contributed by atoms with Gasteiger partial charge in [0.2, 0.25) is 5.91 Å². The van der Waals surface area contributed by atoms with Crippen molar-refractivity contribution in [2.24, 2.45) is 0 Å². The molecule has 1 aromatic carbocycles. The fraction of sp³-hybridized carbons (Fsp3) is 0.375. The van der Waals surface area contributed by atoms with Crippen molar-refractivity contribution in [1.82, 2.24) is 5.32 Å². The molecule has 1 amide bonds. The second kappa shape index (κ2) is 5.49. The van der Waals surface area contributed by atoms with Crippen LogP contribution in [0.15, 0.2) is 41.6 Å². The van der Waals surface area contributed by atoms with Crippen LogP contribution in [-0.4, -0.2) is 18.0 Å². The fourth-order valence-electron chi connectivity index (χ4n) is 2.78. The van der Waals surface area contributed by atoms with Gasteiger partial charge in [0.25, 0.3) is 0 Å². The van der Waals surface area contributed by atoms with Crippen LogP contribution in [0.4, 0.5) is 0 Å². The maximum Gasteiger partial charge on any atom is 0.338 e. The lowest BCUT2D eigenvalue weighted by Gasteiger charge is -2.30. The molecular weight excluding hydrogens is 254 g/mol. The van der Waals surface area contributed by atoms with Crippen LogP contribution in [0.2, 0.25) is 0 Å². The third kappa shape index (κ3) is 2.74. The van der Waals surface area contributed by atoms with Crippen molar-refractivity contribution < 1.29 is 14.3 Å². The molecular formula is C16H17NO3. The van der Waals surface area contributed by atoms with Gasteiger partial charge in [-0.3, -0.25) is 4.79 Å². The van der Waals surface area contributed by atoms with Crippen molar-refractivity contribution in [3.63, 3.8) is 0 Å². The molecule has 20 heavy (non-hydrogen) atoms. The number of hydrogen-bond donors (Lipinski definition) is 1. The first-order chi connectivity index (χ1) is 9.72. The second-order valence-electron chi connectivity index (χ2n) is 5.27. The number of nitrogens with one attached hydrogen (secondary N) is 1. The molecule has 1 heterocycles. The largest absolute Gasteiger partial charge is 0.458 e. The number of allylic oxidation sites excluding steroid dienone is 1. The van der Waals surface area contributed by atoms with Crippen molar-refractivity contribution in [1.29, 1.82) is 0 Å². The molecule has 4 nitrogen and oxygen atoms in total. The van der Waals surface area contributed by atoms with E-state index in [-0.39, 0.29) is 18.0 Å². The number of ether oxygens (including phenoxy) is 1. The van der Waals surface area contributed by atoms with Crippen molar-refractivity contribution in [2.75, 3.05) is 0 Å². The fourth-order valence-corrected chi connectivity index (χ4v) is 2.78. The van der Waals surface area contributed by atoms with Crippen LogP contribution in [0, 0.1) is 0 Å². The summed E-state index contributed by atoms with van der Waals surface area (Å²) in [6, 6.07) is 9.05. The molecule has 0 spiro atoms. The highest BCUT2D eigenvalue weighted by Crippen LogP contribution is 2.31. The molecule has 0 unspecified atom stereocenters. The predicted octanol–water partition coefficient (Wildman–Crippen LogP) is 2.56. The molecule has 3 rings (SSSR count). The van der Waals surface area contributed by atoms with Gasteiger partial charge in [0.15, 0.2) is 0 Å². The van der Waals surface area contributed by atoms with Crippen molar-refractivity contribution in [3.8, 4) is 0 Å². The lowest BCUT2D eigenvalue weighted by Crippen LogP contribution is -2.33. The van der Waals surface area contributed by atoms with Gasteiger partial charge in [-0.05, 0) is 37.0 Å². The molecule has 2 aliphatic rings. The monoisotopic (exact) mass is 271 g/mol. The van der Waals surface area contributed by atoms with Crippen LogP contribution >= 0.6 is 0 Å². The van der Waals surface area contributed by atoms with Gasteiger partial charge in [-0.2, -0.15) is 0 Å². The van der Waals surface area contributed by atoms with Gasteiger partial charge in [0.1, 0.15) is 6.10 Å². The number of esters is 1. The van der Waals surface area contributed by atoms with E-state index in [9.17, 15) is 9.59 Å². The number of rotatable bonds is 2. The van der Waals surface area contributed by atoms with Crippen LogP contribution in [0.5, 0.6) is 0 Å². The van der Waals surface area contributed by atoms with Gasteiger partial charge < -0.3 is 10.1 Å². The van der Waals surface area contributed by atoms with Gasteiger partial charge in [-0.15, -0.1) is 0 Å². The first-order valence-corrected chi connectivity index (χ1v) is 6.99. The van der Waals surface area contributed by atoms with E-state index in [1.807, 2.05) is 18.2 Å². The molecule has 1 aromatic rings. The van der Waals surface area contributed by atoms with Crippen molar-refractivity contribution in [2.45, 2.75) is 38.2 Å². The van der Waals surface area contributed by atoms with E-state index in [0.717, 1.165) is 31.4 Å². The Kier molecular flexibility index (Phi) is 3.54. The molecule has 0 saturated carbocycles. The number of carbonyl (C=O) groups is 2. The predicted molar refractivity (Wildman–Crippen MR) is 73.9 cm³/mol. The molecule has 0 bridgehead atoms. The smallest absolute Gasteiger partial charge is 0.338 e. The van der Waals surface area contributed by atoms with E-state index in [2.05, 4.69) is 5.32 Å². The zero-order valence-electron chi connectivity index (χ0n) is 11.2. The van der Waals surface area contributed by atoms with Gasteiger partial charge in [-0.1, -0.05) is 18.2 Å². The standard InChI is InChI=1S/C16H17NO3/c18-15-9-6-12-10-13(7-8-14(12)17-15)20-16(19)11-4-2-1-3-5-11/h1-5,13H,6-10H2,(H,17,18)/t13-/m1/s1. The molecule has 0 aromatic heterocycles. The Balaban J connectivity index is 1.63. The third-order valence-corrected chi connectivity index (χ3v) is 3.84. The van der Waals surface area contributed by atoms with Gasteiger partial charge in [-0.25, -0.2) is 4.79 Å². The van der Waals surface area contributed by atoms with Gasteiger partial charge >= 0.3 is 5.97 Å². The quantitative estimate of drug-likeness (QED) is 0.841. The van der Waals surface area contributed by atoms with Crippen molar-refractivity contribution in [3.05, 3.63) is 47.2 Å². The van der Waals surface area contributed by atoms with E-state index in [1.165, 1.54) is 5.57 Å². The minimum atomic E-state index is -0.264. The topological polar surface area (TPSA) is 55.4 Å². The second-order valence-corrected chi connectivity index (χ2v) is 5.27.